The van der Waals surface area contributed by atoms with Gasteiger partial charge in [0, 0.05) is 43.2 Å². The topological polar surface area (TPSA) is 100 Å². The number of aromatic nitrogens is 4. The molecule has 1 N–H and O–H groups in total. The predicted molar refractivity (Wildman–Crippen MR) is 118 cm³/mol. The first-order valence-electron chi connectivity index (χ1n) is 11.2. The molecule has 0 aliphatic carbocycles. The summed E-state index contributed by atoms with van der Waals surface area (Å²) < 4.78 is 9.21. The highest BCUT2D eigenvalue weighted by Crippen LogP contribution is 2.31. The summed E-state index contributed by atoms with van der Waals surface area (Å²) in [4.78, 5) is 14.8. The van der Waals surface area contributed by atoms with Crippen LogP contribution in [0.15, 0.2) is 30.9 Å². The maximum absolute atomic E-state index is 12.8. The number of fused-ring (bicyclic) bond motifs is 1. The SMILES string of the molecule is COc1cc(-c2cnn(C3CCN(C(=O)[C@@H]4CCCNC4)CC3)c2)cn2ncc(C#N)c12. The Bertz CT molecular complexity index is 1160. The Balaban J connectivity index is 1.29. The van der Waals surface area contributed by atoms with Crippen LogP contribution in [0.3, 0.4) is 0 Å². The number of hydrogen-bond acceptors (Lipinski definition) is 6. The van der Waals surface area contributed by atoms with Crippen molar-refractivity contribution in [2.75, 3.05) is 33.3 Å². The Labute approximate surface area is 186 Å². The van der Waals surface area contributed by atoms with Gasteiger partial charge in [0.25, 0.3) is 0 Å². The van der Waals surface area contributed by atoms with Crippen molar-refractivity contribution >= 4 is 11.4 Å². The zero-order valence-electron chi connectivity index (χ0n) is 18.2. The smallest absolute Gasteiger partial charge is 0.226 e. The van der Waals surface area contributed by atoms with Crippen LogP contribution >= 0.6 is 0 Å². The van der Waals surface area contributed by atoms with Gasteiger partial charge in [0.05, 0.1) is 31.5 Å². The van der Waals surface area contributed by atoms with Gasteiger partial charge in [0.15, 0.2) is 0 Å². The average molecular weight is 434 g/mol. The van der Waals surface area contributed by atoms with Crippen LogP contribution in [-0.2, 0) is 4.79 Å². The molecule has 2 saturated heterocycles. The van der Waals surface area contributed by atoms with E-state index in [0.717, 1.165) is 63.0 Å². The molecule has 2 aliphatic heterocycles. The van der Waals surface area contributed by atoms with Gasteiger partial charge in [-0.1, -0.05) is 0 Å². The molecule has 1 amide bonds. The molecule has 5 heterocycles. The lowest BCUT2D eigenvalue weighted by Gasteiger charge is -2.35. The quantitative estimate of drug-likeness (QED) is 0.677. The average Bonchev–Trinajstić information content (AvgIpc) is 3.51. The molecule has 5 rings (SSSR count). The van der Waals surface area contributed by atoms with E-state index < -0.39 is 0 Å². The van der Waals surface area contributed by atoms with Gasteiger partial charge in [-0.05, 0) is 38.3 Å². The number of nitriles is 1. The minimum absolute atomic E-state index is 0.130. The molecule has 0 aromatic carbocycles. The third-order valence-corrected chi connectivity index (χ3v) is 6.65. The van der Waals surface area contributed by atoms with E-state index >= 15 is 0 Å². The molecule has 0 radical (unpaired) electrons. The lowest BCUT2D eigenvalue weighted by Crippen LogP contribution is -2.46. The minimum Gasteiger partial charge on any atom is -0.494 e. The van der Waals surface area contributed by atoms with Crippen LogP contribution in [0.1, 0.15) is 37.3 Å². The highest BCUT2D eigenvalue weighted by Gasteiger charge is 2.30. The van der Waals surface area contributed by atoms with Crippen molar-refractivity contribution in [3.05, 3.63) is 36.4 Å². The molecule has 2 aliphatic rings. The number of amides is 1. The Morgan fingerprint density at radius 1 is 1.19 bits per heavy atom. The van der Waals surface area contributed by atoms with Gasteiger partial charge in [-0.3, -0.25) is 9.48 Å². The van der Waals surface area contributed by atoms with Crippen LogP contribution in [0, 0.1) is 17.2 Å². The Morgan fingerprint density at radius 3 is 2.75 bits per heavy atom. The number of nitrogens with zero attached hydrogens (tertiary/aromatic N) is 6. The summed E-state index contributed by atoms with van der Waals surface area (Å²) in [6.07, 6.45) is 11.2. The van der Waals surface area contributed by atoms with Crippen molar-refractivity contribution < 1.29 is 9.53 Å². The molecule has 9 nitrogen and oxygen atoms in total. The molecular weight excluding hydrogens is 406 g/mol. The standard InChI is InChI=1S/C23H27N7O2/c1-32-21-9-17(14-30-22(21)18(10-24)12-27-30)19-13-26-29(15-19)20-4-7-28(8-5-20)23(31)16-3-2-6-25-11-16/h9,12-16,20,25H,2-8,11H2,1H3/t16-/m1/s1. The number of carbonyl (C=O) groups excluding carboxylic acids is 1. The van der Waals surface area contributed by atoms with E-state index in [-0.39, 0.29) is 12.0 Å². The number of likely N-dealkylation sites (tertiary alicyclic amines) is 1. The van der Waals surface area contributed by atoms with Gasteiger partial charge in [0.2, 0.25) is 5.91 Å². The fourth-order valence-corrected chi connectivity index (χ4v) is 4.84. The first-order chi connectivity index (χ1) is 15.7. The van der Waals surface area contributed by atoms with Crippen molar-refractivity contribution in [2.45, 2.75) is 31.7 Å². The van der Waals surface area contributed by atoms with Gasteiger partial charge < -0.3 is 15.0 Å². The van der Waals surface area contributed by atoms with E-state index in [2.05, 4.69) is 21.6 Å². The third kappa shape index (κ3) is 3.71. The van der Waals surface area contributed by atoms with Gasteiger partial charge in [0.1, 0.15) is 22.9 Å². The second-order valence-corrected chi connectivity index (χ2v) is 8.57. The number of piperidine rings is 2. The number of carbonyl (C=O) groups is 1. The van der Waals surface area contributed by atoms with E-state index in [1.54, 1.807) is 17.8 Å². The zero-order valence-corrected chi connectivity index (χ0v) is 18.2. The first-order valence-corrected chi connectivity index (χ1v) is 11.2. The number of hydrogen-bond donors (Lipinski definition) is 1. The van der Waals surface area contributed by atoms with Gasteiger partial charge in [-0.15, -0.1) is 0 Å². The molecule has 1 atom stereocenters. The number of ether oxygens (including phenoxy) is 1. The molecular formula is C23H27N7O2. The summed E-state index contributed by atoms with van der Waals surface area (Å²) >= 11 is 0. The van der Waals surface area contributed by atoms with Crippen LogP contribution < -0.4 is 10.1 Å². The van der Waals surface area contributed by atoms with Crippen molar-refractivity contribution in [2.24, 2.45) is 5.92 Å². The summed E-state index contributed by atoms with van der Waals surface area (Å²) in [5, 5.41) is 21.5. The van der Waals surface area contributed by atoms with Gasteiger partial charge in [-0.2, -0.15) is 15.5 Å². The van der Waals surface area contributed by atoms with Crippen molar-refractivity contribution in [3.8, 4) is 22.9 Å². The fourth-order valence-electron chi connectivity index (χ4n) is 4.84. The van der Waals surface area contributed by atoms with E-state index in [0.29, 0.717) is 22.7 Å². The monoisotopic (exact) mass is 433 g/mol. The van der Waals surface area contributed by atoms with Crippen LogP contribution in [0.25, 0.3) is 16.6 Å². The normalized spacial score (nSPS) is 19.8. The van der Waals surface area contributed by atoms with Crippen molar-refractivity contribution in [1.82, 2.24) is 29.6 Å². The summed E-state index contributed by atoms with van der Waals surface area (Å²) in [6.45, 7) is 3.38. The summed E-state index contributed by atoms with van der Waals surface area (Å²) in [5.41, 5.74) is 3.03. The molecule has 0 unspecified atom stereocenters. The summed E-state index contributed by atoms with van der Waals surface area (Å²) in [6, 6.07) is 4.34. The lowest BCUT2D eigenvalue weighted by atomic mass is 9.96. The number of methoxy groups -OCH3 is 1. The maximum atomic E-state index is 12.8. The minimum atomic E-state index is 0.130. The first kappa shape index (κ1) is 20.5. The molecule has 2 fully saturated rings. The summed E-state index contributed by atoms with van der Waals surface area (Å²) in [7, 11) is 1.59. The van der Waals surface area contributed by atoms with Crippen LogP contribution in [0.5, 0.6) is 5.75 Å². The molecule has 32 heavy (non-hydrogen) atoms. The Hall–Kier alpha value is -3.38. The molecule has 0 bridgehead atoms. The van der Waals surface area contributed by atoms with Crippen LogP contribution in [0.4, 0.5) is 0 Å². The largest absolute Gasteiger partial charge is 0.494 e. The number of pyridine rings is 1. The fraction of sp³-hybridized carbons (Fsp3) is 0.478. The van der Waals surface area contributed by atoms with E-state index in [4.69, 9.17) is 4.74 Å². The highest BCUT2D eigenvalue weighted by atomic mass is 16.5. The molecule has 9 heteroatoms. The molecule has 166 valence electrons. The third-order valence-electron chi connectivity index (χ3n) is 6.65. The number of nitrogens with one attached hydrogen (secondary N) is 1. The van der Waals surface area contributed by atoms with Crippen molar-refractivity contribution in [1.29, 1.82) is 5.26 Å². The Kier molecular flexibility index (Phi) is 5.53. The molecule has 0 saturated carbocycles. The second kappa shape index (κ2) is 8.63. The van der Waals surface area contributed by atoms with Gasteiger partial charge in [-0.25, -0.2) is 4.52 Å². The summed E-state index contributed by atoms with van der Waals surface area (Å²) in [5.74, 6) is 1.03. The number of rotatable bonds is 4. The van der Waals surface area contributed by atoms with Crippen molar-refractivity contribution in [3.63, 3.8) is 0 Å². The maximum Gasteiger partial charge on any atom is 0.226 e. The zero-order chi connectivity index (χ0) is 22.1. The molecule has 3 aromatic rings. The lowest BCUT2D eigenvalue weighted by molar-refractivity contribution is -0.137. The highest BCUT2D eigenvalue weighted by molar-refractivity contribution is 5.79. The molecule has 3 aromatic heterocycles. The van der Waals surface area contributed by atoms with E-state index in [1.807, 2.05) is 34.2 Å². The molecule has 0 spiro atoms. The predicted octanol–water partition coefficient (Wildman–Crippen LogP) is 2.24. The van der Waals surface area contributed by atoms with Crippen LogP contribution in [-0.4, -0.2) is 63.5 Å². The Morgan fingerprint density at radius 2 is 2.03 bits per heavy atom. The van der Waals surface area contributed by atoms with E-state index in [1.165, 1.54) is 0 Å². The second-order valence-electron chi connectivity index (χ2n) is 8.57. The van der Waals surface area contributed by atoms with Crippen LogP contribution in [0.2, 0.25) is 0 Å². The van der Waals surface area contributed by atoms with E-state index in [9.17, 15) is 10.1 Å². The van der Waals surface area contributed by atoms with Gasteiger partial charge >= 0.3 is 0 Å².